The Morgan fingerprint density at radius 1 is 0.682 bits per heavy atom. The summed E-state index contributed by atoms with van der Waals surface area (Å²) < 4.78 is 4.68. The second-order valence-electron chi connectivity index (χ2n) is 12.4. The van der Waals surface area contributed by atoms with E-state index < -0.39 is 18.8 Å². The summed E-state index contributed by atoms with van der Waals surface area (Å²) in [4.78, 5) is 13.5. The zero-order chi connectivity index (χ0) is 29.5. The number of H-pyrrole nitrogens is 1. The summed E-state index contributed by atoms with van der Waals surface area (Å²) in [7, 11) is 0. The molecule has 0 saturated carbocycles. The monoisotopic (exact) mass is 647 g/mol. The standard InChI is InChI=1S/C39H30N4.Nb/c1-5-24(2)35-41-36(43-37(42-35)26-20-21-40-23-26)25-18-19-30-28(22-25)27-12-6-7-13-29(27)39(30)33-16-10-8-14-31(33)38(3,4)32-15-9-11-17-34(32)39;/h1-2,5-23,36,40H,3-4H3,(H,41,42,43);. The fourth-order valence-electron chi connectivity index (χ4n) is 7.84. The van der Waals surface area contributed by atoms with Gasteiger partial charge in [0.15, 0.2) is 0 Å². The minimum Gasteiger partial charge on any atom is -0.0619 e. The van der Waals surface area contributed by atoms with Gasteiger partial charge in [0.2, 0.25) is 0 Å². The summed E-state index contributed by atoms with van der Waals surface area (Å²) in [5, 5.41) is 3.53. The van der Waals surface area contributed by atoms with Crippen LogP contribution in [0.3, 0.4) is 0 Å². The van der Waals surface area contributed by atoms with E-state index >= 15 is 0 Å². The molecule has 9 rings (SSSR count). The van der Waals surface area contributed by atoms with E-state index in [4.69, 9.17) is 9.98 Å². The van der Waals surface area contributed by atoms with Gasteiger partial charge in [-0.15, -0.1) is 0 Å². The normalized spacial score (nSPS) is 19.3. The van der Waals surface area contributed by atoms with Crippen LogP contribution in [0.5, 0.6) is 0 Å². The number of aliphatic imine (C=N–C) groups is 2. The first kappa shape index (κ1) is 26.0. The second-order valence-corrected chi connectivity index (χ2v) is 14.5. The van der Waals surface area contributed by atoms with E-state index in [-0.39, 0.29) is 17.0 Å². The van der Waals surface area contributed by atoms with E-state index in [1.807, 2.05) is 12.4 Å². The van der Waals surface area contributed by atoms with E-state index in [2.05, 4.69) is 136 Å². The molecule has 0 bridgehead atoms. The van der Waals surface area contributed by atoms with Gasteiger partial charge in [0.05, 0.1) is 0 Å². The molecule has 3 heterocycles. The van der Waals surface area contributed by atoms with Gasteiger partial charge in [-0.3, -0.25) is 0 Å². The molecule has 1 atom stereocenters. The van der Waals surface area contributed by atoms with Crippen LogP contribution >= 0.6 is 0 Å². The van der Waals surface area contributed by atoms with Crippen molar-refractivity contribution in [2.45, 2.75) is 30.8 Å². The van der Waals surface area contributed by atoms with Crippen molar-refractivity contribution in [3.63, 3.8) is 0 Å². The van der Waals surface area contributed by atoms with Gasteiger partial charge in [-0.2, -0.15) is 0 Å². The van der Waals surface area contributed by atoms with E-state index in [9.17, 15) is 0 Å². The molecule has 0 amide bonds. The van der Waals surface area contributed by atoms with Gasteiger partial charge in [0.1, 0.15) is 0 Å². The zero-order valence-electron chi connectivity index (χ0n) is 24.5. The van der Waals surface area contributed by atoms with Crippen LogP contribution in [0.1, 0.15) is 64.5 Å². The first-order valence-electron chi connectivity index (χ1n) is 15.1. The summed E-state index contributed by atoms with van der Waals surface area (Å²) in [5.74, 6) is 1.75. The van der Waals surface area contributed by atoms with E-state index in [0.29, 0.717) is 0 Å². The zero-order valence-corrected chi connectivity index (χ0v) is 26.7. The third-order valence-electron chi connectivity index (χ3n) is 9.81. The Bertz CT molecular complexity index is 2120. The number of nitrogens with one attached hydrogen (secondary N) is 2. The molecule has 4 aromatic carbocycles. The van der Waals surface area contributed by atoms with Gasteiger partial charge < -0.3 is 0 Å². The SMILES string of the molecule is CC1(C)c2ccccc2C2(c3ccccc3-c3cc(C4N=C(C5=C[CH]=[Nb]=[CH]5)NC(c5cc[nH]c5)=N4)ccc32)c2ccccc21. The van der Waals surface area contributed by atoms with Crippen LogP contribution in [0.2, 0.25) is 0 Å². The number of hydrogen-bond acceptors (Lipinski definition) is 3. The number of hydrogen-bond donors (Lipinski definition) is 2. The van der Waals surface area contributed by atoms with E-state index in [1.54, 1.807) is 0 Å². The van der Waals surface area contributed by atoms with Gasteiger partial charge in [-0.05, 0) is 0 Å². The minimum atomic E-state index is -0.418. The maximum atomic E-state index is 5.18. The first-order chi connectivity index (χ1) is 21.6. The van der Waals surface area contributed by atoms with Crippen molar-refractivity contribution >= 4 is 20.1 Å². The molecule has 2 N–H and O–H groups in total. The second kappa shape index (κ2) is 9.51. The van der Waals surface area contributed by atoms with Crippen LogP contribution in [0.4, 0.5) is 0 Å². The van der Waals surface area contributed by atoms with Crippen LogP contribution in [0.15, 0.2) is 131 Å². The summed E-state index contributed by atoms with van der Waals surface area (Å²) in [5.41, 5.74) is 13.6. The molecule has 1 spiro atoms. The van der Waals surface area contributed by atoms with Crippen molar-refractivity contribution in [2.75, 3.05) is 0 Å². The molecule has 1 aromatic heterocycles. The molecule has 2 aliphatic heterocycles. The smallest absolute Gasteiger partial charge is 0.0619 e. The third kappa shape index (κ3) is 3.50. The number of amidine groups is 2. The number of aromatic nitrogens is 1. The molecular formula is C39H30N4Nb. The van der Waals surface area contributed by atoms with Gasteiger partial charge in [0, 0.05) is 5.41 Å². The van der Waals surface area contributed by atoms with Crippen molar-refractivity contribution in [2.24, 2.45) is 9.98 Å². The van der Waals surface area contributed by atoms with E-state index in [1.165, 1.54) is 50.1 Å². The summed E-state index contributed by atoms with van der Waals surface area (Å²) in [6.45, 7) is 4.74. The number of allylic oxidation sites excluding steroid dienone is 1. The minimum absolute atomic E-state index is 0.105. The molecule has 2 aliphatic carbocycles. The number of fused-ring (bicyclic) bond motifs is 9. The summed E-state index contributed by atoms with van der Waals surface area (Å²) in [6, 6.07) is 36.2. The molecule has 0 fully saturated rings. The average molecular weight is 648 g/mol. The topological polar surface area (TPSA) is 52.5 Å². The Kier molecular flexibility index (Phi) is 5.61. The maximum absolute atomic E-state index is 5.18. The van der Waals surface area contributed by atoms with Crippen LogP contribution in [0.25, 0.3) is 11.1 Å². The number of benzene rings is 4. The van der Waals surface area contributed by atoms with Crippen LogP contribution in [-0.2, 0) is 29.7 Å². The fraction of sp³-hybridized carbons (Fsp3) is 0.128. The van der Waals surface area contributed by atoms with Gasteiger partial charge in [-0.25, -0.2) is 0 Å². The number of nitrogens with zero attached hydrogens (tertiary/aromatic N) is 2. The first-order valence-corrected chi connectivity index (χ1v) is 17.7. The van der Waals surface area contributed by atoms with Crippen molar-refractivity contribution in [3.8, 4) is 11.1 Å². The van der Waals surface area contributed by atoms with Gasteiger partial charge >= 0.3 is 211 Å². The summed E-state index contributed by atoms with van der Waals surface area (Å²) >= 11 is -0.418. The van der Waals surface area contributed by atoms with Crippen molar-refractivity contribution in [1.29, 1.82) is 0 Å². The molecule has 5 heteroatoms. The molecular weight excluding hydrogens is 617 g/mol. The van der Waals surface area contributed by atoms with Gasteiger partial charge in [0.25, 0.3) is 0 Å². The Morgan fingerprint density at radius 3 is 2.02 bits per heavy atom. The predicted molar refractivity (Wildman–Crippen MR) is 177 cm³/mol. The third-order valence-corrected chi connectivity index (χ3v) is 11.7. The number of rotatable bonds is 3. The quantitative estimate of drug-likeness (QED) is 0.198. The van der Waals surface area contributed by atoms with Crippen molar-refractivity contribution in [3.05, 3.63) is 166 Å². The summed E-state index contributed by atoms with van der Waals surface area (Å²) in [6.07, 6.45) is 5.80. The van der Waals surface area contributed by atoms with Gasteiger partial charge in [-0.1, -0.05) is 50.2 Å². The average Bonchev–Trinajstić information content (AvgIpc) is 3.85. The van der Waals surface area contributed by atoms with Crippen molar-refractivity contribution < 1.29 is 18.8 Å². The predicted octanol–water partition coefficient (Wildman–Crippen LogP) is 7.09. The Labute approximate surface area is 265 Å². The van der Waals surface area contributed by atoms with Crippen LogP contribution < -0.4 is 5.32 Å². The van der Waals surface area contributed by atoms with Crippen LogP contribution in [0, 0.1) is 0 Å². The Balaban J connectivity index is 1.29. The molecule has 0 radical (unpaired) electrons. The molecule has 0 saturated heterocycles. The molecule has 211 valence electrons. The van der Waals surface area contributed by atoms with Crippen molar-refractivity contribution in [1.82, 2.24) is 10.3 Å². The fourth-order valence-corrected chi connectivity index (χ4v) is 9.56. The number of aromatic amines is 1. The molecule has 1 unspecified atom stereocenters. The molecule has 4 nitrogen and oxygen atoms in total. The molecule has 4 aliphatic rings. The molecule has 44 heavy (non-hydrogen) atoms. The Hall–Kier alpha value is -4.48. The van der Waals surface area contributed by atoms with E-state index in [0.717, 1.165) is 22.8 Å². The molecule has 5 aromatic rings. The Morgan fingerprint density at radius 2 is 1.34 bits per heavy atom. The van der Waals surface area contributed by atoms with Crippen LogP contribution in [-0.4, -0.2) is 25.1 Å².